The zero-order valence-electron chi connectivity index (χ0n) is 7.50. The minimum atomic E-state index is -1.39. The Morgan fingerprint density at radius 2 is 1.57 bits per heavy atom. The molecule has 0 aliphatic carbocycles. The van der Waals surface area contributed by atoms with Gasteiger partial charge in [0.15, 0.2) is 23.3 Å². The van der Waals surface area contributed by atoms with Gasteiger partial charge in [-0.05, 0) is 13.3 Å². The zero-order chi connectivity index (χ0) is 10.9. The SMILES string of the molecule is C=C(C)Cc1c(F)c(F)cc(F)c1F. The van der Waals surface area contributed by atoms with E-state index in [4.69, 9.17) is 0 Å². The molecule has 1 rings (SSSR count). The van der Waals surface area contributed by atoms with Gasteiger partial charge in [-0.15, -0.1) is 0 Å². The topological polar surface area (TPSA) is 0 Å². The summed E-state index contributed by atoms with van der Waals surface area (Å²) in [6.07, 6.45) is -0.216. The van der Waals surface area contributed by atoms with E-state index in [1.54, 1.807) is 0 Å². The van der Waals surface area contributed by atoms with Crippen LogP contribution in [0.4, 0.5) is 17.6 Å². The highest BCUT2D eigenvalue weighted by Gasteiger charge is 2.18. The van der Waals surface area contributed by atoms with Crippen molar-refractivity contribution in [3.8, 4) is 0 Å². The molecule has 0 aliphatic heterocycles. The fourth-order valence-corrected chi connectivity index (χ4v) is 1.08. The van der Waals surface area contributed by atoms with Crippen molar-refractivity contribution in [2.75, 3.05) is 0 Å². The van der Waals surface area contributed by atoms with Gasteiger partial charge < -0.3 is 0 Å². The highest BCUT2D eigenvalue weighted by molar-refractivity contribution is 5.26. The molecule has 76 valence electrons. The van der Waals surface area contributed by atoms with Crippen LogP contribution in [0.15, 0.2) is 18.2 Å². The third kappa shape index (κ3) is 1.95. The first kappa shape index (κ1) is 10.8. The summed E-state index contributed by atoms with van der Waals surface area (Å²) < 4.78 is 51.3. The number of hydrogen-bond donors (Lipinski definition) is 0. The summed E-state index contributed by atoms with van der Waals surface area (Å²) in [6.45, 7) is 4.93. The van der Waals surface area contributed by atoms with Crippen LogP contribution >= 0.6 is 0 Å². The van der Waals surface area contributed by atoms with Gasteiger partial charge in [0.25, 0.3) is 0 Å². The van der Waals surface area contributed by atoms with Crippen molar-refractivity contribution < 1.29 is 17.6 Å². The minimum absolute atomic E-state index is 0.187. The lowest BCUT2D eigenvalue weighted by molar-refractivity contribution is 0.441. The Hall–Kier alpha value is -1.32. The summed E-state index contributed by atoms with van der Waals surface area (Å²) in [7, 11) is 0. The van der Waals surface area contributed by atoms with Crippen LogP contribution in [-0.2, 0) is 6.42 Å². The van der Waals surface area contributed by atoms with Crippen LogP contribution in [0.5, 0.6) is 0 Å². The predicted molar refractivity (Wildman–Crippen MR) is 44.8 cm³/mol. The molecule has 0 aliphatic rings. The van der Waals surface area contributed by atoms with E-state index in [1.807, 2.05) is 0 Å². The molecule has 1 aromatic carbocycles. The first-order valence-electron chi connectivity index (χ1n) is 3.89. The molecule has 0 saturated heterocycles. The Morgan fingerprint density at radius 1 is 1.14 bits per heavy atom. The maximum atomic E-state index is 13.0. The molecule has 0 amide bonds. The van der Waals surface area contributed by atoms with Crippen LogP contribution in [-0.4, -0.2) is 0 Å². The number of rotatable bonds is 2. The quantitative estimate of drug-likeness (QED) is 0.393. The highest BCUT2D eigenvalue weighted by atomic mass is 19.2. The van der Waals surface area contributed by atoms with E-state index in [0.29, 0.717) is 5.57 Å². The van der Waals surface area contributed by atoms with Crippen molar-refractivity contribution in [3.63, 3.8) is 0 Å². The van der Waals surface area contributed by atoms with E-state index in [0.717, 1.165) is 0 Å². The Labute approximate surface area is 78.9 Å². The predicted octanol–water partition coefficient (Wildman–Crippen LogP) is 3.36. The summed E-state index contributed by atoms with van der Waals surface area (Å²) in [6, 6.07) is 0.187. The number of hydrogen-bond acceptors (Lipinski definition) is 0. The minimum Gasteiger partial charge on any atom is -0.204 e. The lowest BCUT2D eigenvalue weighted by atomic mass is 10.1. The molecule has 0 aromatic heterocycles. The van der Waals surface area contributed by atoms with Gasteiger partial charge >= 0.3 is 0 Å². The highest BCUT2D eigenvalue weighted by Crippen LogP contribution is 2.21. The summed E-state index contributed by atoms with van der Waals surface area (Å²) in [4.78, 5) is 0. The fraction of sp³-hybridized carbons (Fsp3) is 0.200. The zero-order valence-corrected chi connectivity index (χ0v) is 7.50. The summed E-state index contributed by atoms with van der Waals surface area (Å²) >= 11 is 0. The lowest BCUT2D eigenvalue weighted by Crippen LogP contribution is -2.02. The molecular weight excluding hydrogens is 196 g/mol. The standard InChI is InChI=1S/C10H8F4/c1-5(2)3-6-9(13)7(11)4-8(12)10(6)14/h4H,1,3H2,2H3. The van der Waals surface area contributed by atoms with E-state index in [1.165, 1.54) is 6.92 Å². The smallest absolute Gasteiger partial charge is 0.165 e. The molecular formula is C10H8F4. The summed E-state index contributed by atoms with van der Waals surface area (Å²) in [5.41, 5.74) is -0.192. The Morgan fingerprint density at radius 3 is 1.93 bits per heavy atom. The van der Waals surface area contributed by atoms with E-state index in [2.05, 4.69) is 6.58 Å². The summed E-state index contributed by atoms with van der Waals surface area (Å²) in [5.74, 6) is -5.49. The Bertz CT molecular complexity index is 356. The van der Waals surface area contributed by atoms with Crippen molar-refractivity contribution >= 4 is 0 Å². The Balaban J connectivity index is 3.31. The van der Waals surface area contributed by atoms with Crippen molar-refractivity contribution in [1.82, 2.24) is 0 Å². The molecule has 0 saturated carbocycles. The van der Waals surface area contributed by atoms with Crippen LogP contribution in [0.25, 0.3) is 0 Å². The second-order valence-corrected chi connectivity index (χ2v) is 3.08. The van der Waals surface area contributed by atoms with Crippen molar-refractivity contribution in [3.05, 3.63) is 47.1 Å². The van der Waals surface area contributed by atoms with Gasteiger partial charge in [0, 0.05) is 11.6 Å². The molecule has 4 heteroatoms. The average Bonchev–Trinajstić information content (AvgIpc) is 2.09. The van der Waals surface area contributed by atoms with Crippen LogP contribution in [0.2, 0.25) is 0 Å². The van der Waals surface area contributed by atoms with Gasteiger partial charge in [0.1, 0.15) is 0 Å². The molecule has 0 spiro atoms. The van der Waals surface area contributed by atoms with E-state index in [9.17, 15) is 17.6 Å². The number of benzene rings is 1. The van der Waals surface area contributed by atoms with E-state index >= 15 is 0 Å². The van der Waals surface area contributed by atoms with Crippen LogP contribution < -0.4 is 0 Å². The van der Waals surface area contributed by atoms with Gasteiger partial charge in [-0.1, -0.05) is 12.2 Å². The van der Waals surface area contributed by atoms with Crippen molar-refractivity contribution in [2.24, 2.45) is 0 Å². The average molecular weight is 204 g/mol. The summed E-state index contributed by atoms with van der Waals surface area (Å²) in [5, 5.41) is 0. The van der Waals surface area contributed by atoms with E-state index in [-0.39, 0.29) is 12.5 Å². The van der Waals surface area contributed by atoms with E-state index < -0.39 is 28.8 Å². The third-order valence-electron chi connectivity index (χ3n) is 1.68. The second-order valence-electron chi connectivity index (χ2n) is 3.08. The van der Waals surface area contributed by atoms with Gasteiger partial charge in [0.05, 0.1) is 0 Å². The molecule has 0 unspecified atom stereocenters. The Kier molecular flexibility index (Phi) is 2.93. The molecule has 0 N–H and O–H groups in total. The van der Waals surface area contributed by atoms with Gasteiger partial charge in [-0.3, -0.25) is 0 Å². The normalized spacial score (nSPS) is 10.4. The second kappa shape index (κ2) is 3.82. The van der Waals surface area contributed by atoms with Gasteiger partial charge in [0.2, 0.25) is 0 Å². The molecule has 0 bridgehead atoms. The molecule has 0 atom stereocenters. The van der Waals surface area contributed by atoms with Gasteiger partial charge in [-0.25, -0.2) is 17.6 Å². The molecule has 1 aromatic rings. The number of halogens is 4. The molecule has 0 heterocycles. The fourth-order valence-electron chi connectivity index (χ4n) is 1.08. The molecule has 0 fully saturated rings. The van der Waals surface area contributed by atoms with Crippen LogP contribution in [0.1, 0.15) is 12.5 Å². The lowest BCUT2D eigenvalue weighted by Gasteiger charge is -2.06. The third-order valence-corrected chi connectivity index (χ3v) is 1.68. The largest absolute Gasteiger partial charge is 0.204 e. The van der Waals surface area contributed by atoms with Crippen LogP contribution in [0, 0.1) is 23.3 Å². The van der Waals surface area contributed by atoms with Gasteiger partial charge in [-0.2, -0.15) is 0 Å². The molecule has 14 heavy (non-hydrogen) atoms. The van der Waals surface area contributed by atoms with Crippen molar-refractivity contribution in [1.29, 1.82) is 0 Å². The first-order valence-corrected chi connectivity index (χ1v) is 3.89. The number of allylic oxidation sites excluding steroid dienone is 1. The van der Waals surface area contributed by atoms with Crippen LogP contribution in [0.3, 0.4) is 0 Å². The maximum absolute atomic E-state index is 13.0. The monoisotopic (exact) mass is 204 g/mol. The molecule has 0 nitrogen and oxygen atoms in total. The first-order chi connectivity index (χ1) is 6.43. The van der Waals surface area contributed by atoms with Crippen molar-refractivity contribution in [2.45, 2.75) is 13.3 Å². The maximum Gasteiger partial charge on any atom is 0.165 e. The molecule has 0 radical (unpaired) electrons.